The molecule has 0 aliphatic carbocycles. The quantitative estimate of drug-likeness (QED) is 0.292. The van der Waals surface area contributed by atoms with Gasteiger partial charge in [-0.1, -0.05) is 60.7 Å². The minimum absolute atomic E-state index is 0.121. The Bertz CT molecular complexity index is 749. The molecule has 2 aromatic carbocycles. The van der Waals surface area contributed by atoms with Crippen molar-refractivity contribution in [3.8, 4) is 0 Å². The molecule has 2 aromatic rings. The molecule has 0 aromatic heterocycles. The smallest absolute Gasteiger partial charge is 0.425 e. The van der Waals surface area contributed by atoms with Crippen molar-refractivity contribution in [1.82, 2.24) is 5.50 Å². The van der Waals surface area contributed by atoms with Gasteiger partial charge in [-0.25, -0.2) is 4.57 Å². The van der Waals surface area contributed by atoms with E-state index >= 15 is 0 Å². The highest BCUT2D eigenvalue weighted by molar-refractivity contribution is 7.50. The molecule has 0 aliphatic heterocycles. The van der Waals surface area contributed by atoms with E-state index in [0.29, 0.717) is 12.8 Å². The lowest BCUT2D eigenvalue weighted by Gasteiger charge is -2.13. The van der Waals surface area contributed by atoms with E-state index in [9.17, 15) is 14.2 Å². The predicted molar refractivity (Wildman–Crippen MR) is 104 cm³/mol. The molecule has 29 heavy (non-hydrogen) atoms. The molecule has 9 heteroatoms. The highest BCUT2D eigenvalue weighted by Gasteiger charge is 2.21. The maximum Gasteiger partial charge on any atom is 0.425 e. The first kappa shape index (κ1) is 22.8. The first-order valence-electron chi connectivity index (χ1n) is 8.98. The Balaban J connectivity index is 1.56. The summed E-state index contributed by atoms with van der Waals surface area (Å²) in [7, 11) is -4.26. The number of rotatable bonds is 12. The topological polar surface area (TPSA) is 112 Å². The summed E-state index contributed by atoms with van der Waals surface area (Å²) in [6, 6.07) is 18.8. The zero-order valence-electron chi connectivity index (χ0n) is 15.8. The Morgan fingerprint density at radius 3 is 1.48 bits per heavy atom. The van der Waals surface area contributed by atoms with Gasteiger partial charge in [-0.05, 0) is 24.0 Å². The molecule has 0 saturated heterocycles. The van der Waals surface area contributed by atoms with Crippen LogP contribution in [0.25, 0.3) is 0 Å². The summed E-state index contributed by atoms with van der Waals surface area (Å²) >= 11 is 0. The van der Waals surface area contributed by atoms with E-state index in [1.54, 1.807) is 0 Å². The van der Waals surface area contributed by atoms with Crippen LogP contribution in [0.4, 0.5) is 0 Å². The van der Waals surface area contributed by atoms with Gasteiger partial charge in [0.1, 0.15) is 0 Å². The second-order valence-corrected chi connectivity index (χ2v) is 7.51. The number of carbonyl (C=O) groups is 2. The molecule has 155 valence electrons. The Morgan fingerprint density at radius 2 is 1.10 bits per heavy atom. The first-order chi connectivity index (χ1) is 13.9. The average Bonchev–Trinajstić information content (AvgIpc) is 2.72. The lowest BCUT2D eigenvalue weighted by atomic mass is 10.1. The lowest BCUT2D eigenvalue weighted by molar-refractivity contribution is -0.152. The fraction of sp³-hybridized carbons (Fsp3) is 0.300. The number of aryl methyl sites for hydroxylation is 2. The van der Waals surface area contributed by atoms with Gasteiger partial charge in [0.25, 0.3) is 0 Å². The standard InChI is InChI=1S/C20H23NO7P/c21-29(24,27-15-25-19(22)13-11-17-7-3-1-4-8-17)28-16-26-20(23)14-12-18-9-5-2-6-10-18/h1-10,21H,11-16H2. The van der Waals surface area contributed by atoms with Crippen LogP contribution in [0.5, 0.6) is 0 Å². The molecule has 0 unspecified atom stereocenters. The number of carbonyl (C=O) groups excluding carboxylic acids is 2. The predicted octanol–water partition coefficient (Wildman–Crippen LogP) is 3.68. The summed E-state index contributed by atoms with van der Waals surface area (Å²) in [6.07, 6.45) is 1.23. The molecule has 0 amide bonds. The number of hydrogen-bond donors (Lipinski definition) is 0. The Morgan fingerprint density at radius 1 is 0.724 bits per heavy atom. The second kappa shape index (κ2) is 12.1. The molecule has 0 heterocycles. The largest absolute Gasteiger partial charge is 0.438 e. The zero-order valence-corrected chi connectivity index (χ0v) is 16.7. The van der Waals surface area contributed by atoms with Gasteiger partial charge in [0.2, 0.25) is 13.6 Å². The maximum absolute atomic E-state index is 11.8. The summed E-state index contributed by atoms with van der Waals surface area (Å²) in [5, 5.41) is 0. The van der Waals surface area contributed by atoms with Crippen LogP contribution in [0, 0.1) is 0 Å². The summed E-state index contributed by atoms with van der Waals surface area (Å²) in [6.45, 7) is -1.37. The Labute approximate surface area is 169 Å². The van der Waals surface area contributed by atoms with E-state index in [1.807, 2.05) is 60.7 Å². The van der Waals surface area contributed by atoms with Crippen molar-refractivity contribution in [2.24, 2.45) is 0 Å². The van der Waals surface area contributed by atoms with Gasteiger partial charge in [0.15, 0.2) is 0 Å². The van der Waals surface area contributed by atoms with E-state index in [2.05, 4.69) is 9.05 Å². The minimum Gasteiger partial charge on any atom is -0.438 e. The normalized spacial score (nSPS) is 11.1. The van der Waals surface area contributed by atoms with Crippen molar-refractivity contribution in [2.45, 2.75) is 25.7 Å². The van der Waals surface area contributed by atoms with E-state index < -0.39 is 33.3 Å². The van der Waals surface area contributed by atoms with Crippen LogP contribution in [0.3, 0.4) is 0 Å². The molecule has 0 bridgehead atoms. The Kier molecular flexibility index (Phi) is 9.53. The van der Waals surface area contributed by atoms with Crippen LogP contribution in [0.1, 0.15) is 24.0 Å². The Hall–Kier alpha value is -2.51. The van der Waals surface area contributed by atoms with Crippen LogP contribution in [0.2, 0.25) is 0 Å². The van der Waals surface area contributed by atoms with Crippen molar-refractivity contribution < 1.29 is 32.7 Å². The molecule has 2 rings (SSSR count). The second-order valence-electron chi connectivity index (χ2n) is 6.00. The molecule has 1 radical (unpaired) electrons. The summed E-state index contributed by atoms with van der Waals surface area (Å²) in [4.78, 5) is 23.3. The van der Waals surface area contributed by atoms with Crippen LogP contribution in [0.15, 0.2) is 60.7 Å². The van der Waals surface area contributed by atoms with Gasteiger partial charge in [0.05, 0.1) is 0 Å². The molecular formula is C20H23NO7P. The number of hydrogen-bond acceptors (Lipinski definition) is 7. The summed E-state index contributed by atoms with van der Waals surface area (Å²) in [5.41, 5.74) is 9.38. The van der Waals surface area contributed by atoms with Crippen molar-refractivity contribution in [1.29, 1.82) is 0 Å². The molecule has 0 spiro atoms. The van der Waals surface area contributed by atoms with Crippen LogP contribution in [-0.4, -0.2) is 25.5 Å². The van der Waals surface area contributed by atoms with Gasteiger partial charge in [-0.2, -0.15) is 0 Å². The summed E-state index contributed by atoms with van der Waals surface area (Å²) in [5.74, 6) is -1.11. The van der Waals surface area contributed by atoms with E-state index in [-0.39, 0.29) is 12.8 Å². The minimum atomic E-state index is -4.26. The maximum atomic E-state index is 11.8. The van der Waals surface area contributed by atoms with Crippen molar-refractivity contribution in [3.63, 3.8) is 0 Å². The van der Waals surface area contributed by atoms with Crippen molar-refractivity contribution >= 4 is 19.7 Å². The molecule has 0 saturated carbocycles. The fourth-order valence-corrected chi connectivity index (χ4v) is 2.74. The fourth-order valence-electron chi connectivity index (χ4n) is 2.29. The van der Waals surface area contributed by atoms with Crippen molar-refractivity contribution in [3.05, 3.63) is 71.8 Å². The van der Waals surface area contributed by atoms with Crippen molar-refractivity contribution in [2.75, 3.05) is 13.6 Å². The third-order valence-electron chi connectivity index (χ3n) is 3.81. The average molecular weight is 420 g/mol. The van der Waals surface area contributed by atoms with Gasteiger partial charge in [-0.15, -0.1) is 5.50 Å². The van der Waals surface area contributed by atoms with Crippen LogP contribution >= 0.6 is 7.75 Å². The molecule has 0 aliphatic rings. The molecule has 8 nitrogen and oxygen atoms in total. The third kappa shape index (κ3) is 10.0. The van der Waals surface area contributed by atoms with Crippen LogP contribution < -0.4 is 5.50 Å². The highest BCUT2D eigenvalue weighted by atomic mass is 31.2. The van der Waals surface area contributed by atoms with Gasteiger partial charge in [-0.3, -0.25) is 18.6 Å². The molecular weight excluding hydrogens is 397 g/mol. The molecule has 0 atom stereocenters. The van der Waals surface area contributed by atoms with Gasteiger partial charge >= 0.3 is 19.7 Å². The number of benzene rings is 2. The number of nitrogens with one attached hydrogen (secondary N) is 1. The first-order valence-corrected chi connectivity index (χ1v) is 10.5. The third-order valence-corrected chi connectivity index (χ3v) is 4.70. The van der Waals surface area contributed by atoms with Gasteiger partial charge in [0, 0.05) is 12.8 Å². The van der Waals surface area contributed by atoms with E-state index in [0.717, 1.165) is 11.1 Å². The monoisotopic (exact) mass is 420 g/mol. The van der Waals surface area contributed by atoms with Gasteiger partial charge < -0.3 is 9.47 Å². The molecule has 1 N–H and O–H groups in total. The van der Waals surface area contributed by atoms with Crippen LogP contribution in [-0.2, 0) is 45.5 Å². The lowest BCUT2D eigenvalue weighted by Crippen LogP contribution is -2.12. The number of esters is 2. The number of ether oxygens (including phenoxy) is 2. The van der Waals surface area contributed by atoms with E-state index in [4.69, 9.17) is 15.0 Å². The SMILES string of the molecule is [NH]P(=O)(OCOC(=O)CCc1ccccc1)OCOC(=O)CCc1ccccc1. The summed E-state index contributed by atoms with van der Waals surface area (Å²) < 4.78 is 30.6. The zero-order chi connectivity index (χ0) is 21.0. The van der Waals surface area contributed by atoms with E-state index in [1.165, 1.54) is 0 Å². The molecule has 0 fully saturated rings. The highest BCUT2D eigenvalue weighted by Crippen LogP contribution is 2.41.